The Morgan fingerprint density at radius 2 is 1.73 bits per heavy atom. The van der Waals surface area contributed by atoms with E-state index in [-0.39, 0.29) is 50.8 Å². The fraction of sp³-hybridized carbons (Fsp3) is 0.235. The molecule has 0 unspecified atom stereocenters. The third-order valence-electron chi connectivity index (χ3n) is 3.97. The van der Waals surface area contributed by atoms with E-state index in [4.69, 9.17) is 32.7 Å². The summed E-state index contributed by atoms with van der Waals surface area (Å²) in [6.07, 6.45) is 0.0296. The van der Waals surface area contributed by atoms with Gasteiger partial charge in [-0.05, 0) is 24.3 Å². The molecule has 26 heavy (non-hydrogen) atoms. The number of Topliss-reactive ketones (excluding diaryl/α,β-unsaturated/α-hetero) is 1. The van der Waals surface area contributed by atoms with E-state index < -0.39 is 15.1 Å². The minimum absolute atomic E-state index is 0.0148. The molecule has 0 N–H and O–H groups in total. The highest BCUT2D eigenvalue weighted by atomic mass is 79.9. The van der Waals surface area contributed by atoms with Crippen LogP contribution < -0.4 is 9.47 Å². The van der Waals surface area contributed by atoms with Crippen LogP contribution >= 0.6 is 39.1 Å². The van der Waals surface area contributed by atoms with E-state index in [0.29, 0.717) is 4.47 Å². The van der Waals surface area contributed by atoms with E-state index in [0.717, 1.165) is 0 Å². The number of hydrogen-bond donors (Lipinski definition) is 0. The minimum Gasteiger partial charge on any atom is -0.495 e. The molecule has 0 amide bonds. The van der Waals surface area contributed by atoms with E-state index >= 15 is 0 Å². The summed E-state index contributed by atoms with van der Waals surface area (Å²) >= 11 is 15.6. The van der Waals surface area contributed by atoms with Crippen molar-refractivity contribution >= 4 is 54.8 Å². The summed E-state index contributed by atoms with van der Waals surface area (Å²) in [5, 5.41) is -0.192. The van der Waals surface area contributed by atoms with Crippen LogP contribution in [-0.4, -0.2) is 26.6 Å². The topological polar surface area (TPSA) is 69.7 Å². The van der Waals surface area contributed by atoms with Crippen molar-refractivity contribution < 1.29 is 22.7 Å². The molecule has 9 heteroatoms. The van der Waals surface area contributed by atoms with Crippen LogP contribution in [0.5, 0.6) is 17.2 Å². The second-order valence-electron chi connectivity index (χ2n) is 5.73. The van der Waals surface area contributed by atoms with Crippen LogP contribution in [0.1, 0.15) is 12.8 Å². The molecule has 0 spiro atoms. The lowest BCUT2D eigenvalue weighted by Gasteiger charge is -2.25. The van der Waals surface area contributed by atoms with Crippen molar-refractivity contribution in [3.05, 3.63) is 44.8 Å². The van der Waals surface area contributed by atoms with Crippen LogP contribution in [-0.2, 0) is 14.6 Å². The van der Waals surface area contributed by atoms with Gasteiger partial charge in [-0.15, -0.1) is 0 Å². The Balaban J connectivity index is 2.00. The Kier molecular flexibility index (Phi) is 5.53. The molecule has 0 bridgehead atoms. The molecule has 0 saturated heterocycles. The Hall–Kier alpha value is -1.28. The Labute approximate surface area is 169 Å². The number of carbonyl (C=O) groups is 1. The van der Waals surface area contributed by atoms with Gasteiger partial charge in [0.25, 0.3) is 0 Å². The van der Waals surface area contributed by atoms with Gasteiger partial charge in [0.2, 0.25) is 0 Å². The molecule has 1 saturated carbocycles. The molecule has 3 rings (SSSR count). The average molecular weight is 480 g/mol. The molecule has 0 aromatic heterocycles. The summed E-state index contributed by atoms with van der Waals surface area (Å²) in [5.41, 5.74) is 0. The van der Waals surface area contributed by atoms with E-state index in [1.165, 1.54) is 19.2 Å². The molecular formula is C17H13BrCl2O5S. The average Bonchev–Trinajstić information content (AvgIpc) is 2.55. The summed E-state index contributed by atoms with van der Waals surface area (Å²) in [7, 11) is -2.34. The monoisotopic (exact) mass is 478 g/mol. The number of methoxy groups -OCH3 is 1. The van der Waals surface area contributed by atoms with Crippen LogP contribution in [0.4, 0.5) is 0 Å². The zero-order valence-electron chi connectivity index (χ0n) is 13.5. The highest BCUT2D eigenvalue weighted by molar-refractivity contribution is 9.10. The molecule has 1 aliphatic rings. The first-order valence-corrected chi connectivity index (χ1v) is 10.6. The van der Waals surface area contributed by atoms with Crippen molar-refractivity contribution in [2.75, 3.05) is 7.11 Å². The van der Waals surface area contributed by atoms with Gasteiger partial charge in [0, 0.05) is 23.4 Å². The minimum atomic E-state index is -3.72. The Morgan fingerprint density at radius 3 is 2.27 bits per heavy atom. The lowest BCUT2D eigenvalue weighted by molar-refractivity contribution is -0.123. The predicted octanol–water partition coefficient (Wildman–Crippen LogP) is 5.06. The SMILES string of the molecule is COc1ccc(Oc2c(Cl)cc(Br)cc2Cl)cc1S(=O)(=O)C1CC(=O)C1. The maximum absolute atomic E-state index is 12.8. The van der Waals surface area contributed by atoms with E-state index in [2.05, 4.69) is 15.9 Å². The summed E-state index contributed by atoms with van der Waals surface area (Å²) in [5.74, 6) is 0.563. The normalized spacial score (nSPS) is 14.8. The van der Waals surface area contributed by atoms with Gasteiger partial charge in [-0.3, -0.25) is 4.79 Å². The highest BCUT2D eigenvalue weighted by Gasteiger charge is 2.40. The summed E-state index contributed by atoms with van der Waals surface area (Å²) in [4.78, 5) is 11.2. The van der Waals surface area contributed by atoms with Crippen LogP contribution in [0.15, 0.2) is 39.7 Å². The van der Waals surface area contributed by atoms with Crippen molar-refractivity contribution in [3.8, 4) is 17.2 Å². The van der Waals surface area contributed by atoms with Gasteiger partial charge >= 0.3 is 0 Å². The van der Waals surface area contributed by atoms with Crippen LogP contribution in [0.2, 0.25) is 10.0 Å². The number of hydrogen-bond acceptors (Lipinski definition) is 5. The van der Waals surface area contributed by atoms with E-state index in [9.17, 15) is 13.2 Å². The molecule has 2 aromatic rings. The van der Waals surface area contributed by atoms with Gasteiger partial charge < -0.3 is 9.47 Å². The van der Waals surface area contributed by atoms with Gasteiger partial charge in [-0.2, -0.15) is 0 Å². The number of halogens is 3. The van der Waals surface area contributed by atoms with Gasteiger partial charge in [-0.25, -0.2) is 8.42 Å². The lowest BCUT2D eigenvalue weighted by atomic mass is 9.98. The van der Waals surface area contributed by atoms with E-state index in [1.807, 2.05) is 0 Å². The second kappa shape index (κ2) is 7.38. The third-order valence-corrected chi connectivity index (χ3v) is 7.14. The first-order valence-electron chi connectivity index (χ1n) is 7.48. The molecule has 0 aliphatic heterocycles. The largest absolute Gasteiger partial charge is 0.495 e. The predicted molar refractivity (Wildman–Crippen MR) is 102 cm³/mol. The zero-order valence-corrected chi connectivity index (χ0v) is 17.4. The summed E-state index contributed by atoms with van der Waals surface area (Å²) < 4.78 is 37.1. The zero-order chi connectivity index (χ0) is 19.1. The van der Waals surface area contributed by atoms with Crippen molar-refractivity contribution in [2.24, 2.45) is 0 Å². The summed E-state index contributed by atoms with van der Waals surface area (Å²) in [6, 6.07) is 7.63. The molecule has 0 heterocycles. The number of carbonyl (C=O) groups excluding carboxylic acids is 1. The number of sulfone groups is 1. The fourth-order valence-corrected chi connectivity index (χ4v) is 5.70. The standard InChI is InChI=1S/C17H13BrCl2O5S/c1-24-15-3-2-11(25-17-13(19)4-9(18)5-14(17)20)8-16(15)26(22,23)12-6-10(21)7-12/h2-5,8,12H,6-7H2,1H3. The van der Waals surface area contributed by atoms with Crippen LogP contribution in [0.25, 0.3) is 0 Å². The molecule has 2 aromatic carbocycles. The smallest absolute Gasteiger partial charge is 0.185 e. The number of ketones is 1. The number of benzene rings is 2. The molecular weight excluding hydrogens is 467 g/mol. The maximum Gasteiger partial charge on any atom is 0.185 e. The van der Waals surface area contributed by atoms with Crippen molar-refractivity contribution in [1.29, 1.82) is 0 Å². The van der Waals surface area contributed by atoms with Crippen molar-refractivity contribution in [1.82, 2.24) is 0 Å². The van der Waals surface area contributed by atoms with Gasteiger partial charge in [0.1, 0.15) is 22.2 Å². The number of ether oxygens (including phenoxy) is 2. The molecule has 0 radical (unpaired) electrons. The quantitative estimate of drug-likeness (QED) is 0.599. The Morgan fingerprint density at radius 1 is 1.12 bits per heavy atom. The van der Waals surface area contributed by atoms with Gasteiger partial charge in [0.05, 0.1) is 22.4 Å². The van der Waals surface area contributed by atoms with Gasteiger partial charge in [0.15, 0.2) is 15.6 Å². The van der Waals surface area contributed by atoms with Crippen molar-refractivity contribution in [3.63, 3.8) is 0 Å². The number of rotatable bonds is 5. The second-order valence-corrected chi connectivity index (χ2v) is 9.65. The van der Waals surface area contributed by atoms with Crippen LogP contribution in [0, 0.1) is 0 Å². The third kappa shape index (κ3) is 3.71. The fourth-order valence-electron chi connectivity index (χ4n) is 2.53. The molecule has 0 atom stereocenters. The molecule has 5 nitrogen and oxygen atoms in total. The highest BCUT2D eigenvalue weighted by Crippen LogP contribution is 2.41. The Bertz CT molecular complexity index is 960. The van der Waals surface area contributed by atoms with Gasteiger partial charge in [-0.1, -0.05) is 39.1 Å². The molecule has 138 valence electrons. The first kappa shape index (κ1) is 19.5. The molecule has 1 aliphatic carbocycles. The van der Waals surface area contributed by atoms with Crippen molar-refractivity contribution in [2.45, 2.75) is 23.0 Å². The maximum atomic E-state index is 12.8. The summed E-state index contributed by atoms with van der Waals surface area (Å²) in [6.45, 7) is 0. The lowest BCUT2D eigenvalue weighted by Crippen LogP contribution is -2.36. The first-order chi connectivity index (χ1) is 12.2. The molecule has 1 fully saturated rings. The van der Waals surface area contributed by atoms with Crippen LogP contribution in [0.3, 0.4) is 0 Å². The van der Waals surface area contributed by atoms with E-state index in [1.54, 1.807) is 18.2 Å².